The van der Waals surface area contributed by atoms with Crippen LogP contribution in [0.3, 0.4) is 0 Å². The predicted molar refractivity (Wildman–Crippen MR) is 111 cm³/mol. The number of nitrogens with zero attached hydrogens (tertiary/aromatic N) is 4. The minimum Gasteiger partial charge on any atom is -0.291 e. The van der Waals surface area contributed by atoms with Crippen molar-refractivity contribution in [1.29, 1.82) is 0 Å². The zero-order chi connectivity index (χ0) is 19.0. The van der Waals surface area contributed by atoms with E-state index in [4.69, 9.17) is 4.99 Å². The third-order valence-electron chi connectivity index (χ3n) is 4.43. The standard InChI is InChI=1S/C22H32N4/c1-6-21(24-19(2)17-20-11-8-7-9-12-20)18-25(22(3,4)5)15-16-26-14-10-13-23-26/h6-14H,15-18H2,1-5H3/b21-6-,24-19?. The van der Waals surface area contributed by atoms with Gasteiger partial charge in [-0.3, -0.25) is 14.6 Å². The molecule has 0 amide bonds. The van der Waals surface area contributed by atoms with Gasteiger partial charge in [0.2, 0.25) is 0 Å². The van der Waals surface area contributed by atoms with Gasteiger partial charge in [0, 0.05) is 43.2 Å². The Morgan fingerprint density at radius 3 is 2.50 bits per heavy atom. The molecule has 1 aromatic carbocycles. The first-order chi connectivity index (χ1) is 12.4. The Labute approximate surface area is 158 Å². The van der Waals surface area contributed by atoms with Gasteiger partial charge in [-0.05, 0) is 46.2 Å². The number of benzene rings is 1. The lowest BCUT2D eigenvalue weighted by atomic mass is 10.1. The summed E-state index contributed by atoms with van der Waals surface area (Å²) in [6, 6.07) is 12.5. The van der Waals surface area contributed by atoms with E-state index in [2.05, 4.69) is 75.0 Å². The molecule has 0 radical (unpaired) electrons. The molecule has 0 atom stereocenters. The molecule has 4 nitrogen and oxygen atoms in total. The van der Waals surface area contributed by atoms with Crippen LogP contribution in [-0.4, -0.2) is 39.0 Å². The summed E-state index contributed by atoms with van der Waals surface area (Å²) >= 11 is 0. The van der Waals surface area contributed by atoms with E-state index in [0.29, 0.717) is 0 Å². The molecule has 0 saturated heterocycles. The fraction of sp³-hybridized carbons (Fsp3) is 0.455. The number of aromatic nitrogens is 2. The van der Waals surface area contributed by atoms with Gasteiger partial charge in [-0.1, -0.05) is 36.4 Å². The molecule has 0 fully saturated rings. The van der Waals surface area contributed by atoms with E-state index < -0.39 is 0 Å². The SMILES string of the molecule is C/C=C(/CN(CCn1cccn1)C(C)(C)C)N=C(C)Cc1ccccc1. The van der Waals surface area contributed by atoms with Crippen LogP contribution < -0.4 is 0 Å². The summed E-state index contributed by atoms with van der Waals surface area (Å²) in [5.41, 5.74) is 3.64. The van der Waals surface area contributed by atoms with E-state index in [1.165, 1.54) is 5.56 Å². The molecule has 0 bridgehead atoms. The van der Waals surface area contributed by atoms with Gasteiger partial charge >= 0.3 is 0 Å². The van der Waals surface area contributed by atoms with E-state index in [0.717, 1.165) is 37.5 Å². The Kier molecular flexibility index (Phi) is 7.34. The highest BCUT2D eigenvalue weighted by Gasteiger charge is 2.22. The van der Waals surface area contributed by atoms with Crippen LogP contribution in [0, 0.1) is 0 Å². The quantitative estimate of drug-likeness (QED) is 0.651. The molecule has 0 saturated carbocycles. The highest BCUT2D eigenvalue weighted by molar-refractivity contribution is 5.85. The number of allylic oxidation sites excluding steroid dienone is 1. The smallest absolute Gasteiger partial charge is 0.0536 e. The first kappa shape index (κ1) is 20.1. The van der Waals surface area contributed by atoms with Crippen molar-refractivity contribution in [3.8, 4) is 0 Å². The van der Waals surface area contributed by atoms with Crippen LogP contribution in [0.2, 0.25) is 0 Å². The largest absolute Gasteiger partial charge is 0.291 e. The molecular formula is C22H32N4. The fourth-order valence-corrected chi connectivity index (χ4v) is 2.87. The Morgan fingerprint density at radius 2 is 1.92 bits per heavy atom. The normalized spacial score (nSPS) is 13.5. The average molecular weight is 353 g/mol. The monoisotopic (exact) mass is 352 g/mol. The highest BCUT2D eigenvalue weighted by atomic mass is 15.3. The Bertz CT molecular complexity index is 706. The molecule has 1 aromatic heterocycles. The van der Waals surface area contributed by atoms with Crippen molar-refractivity contribution in [2.45, 2.75) is 53.1 Å². The van der Waals surface area contributed by atoms with Crippen molar-refractivity contribution < 1.29 is 0 Å². The molecule has 2 aromatic rings. The molecule has 0 N–H and O–H groups in total. The zero-order valence-corrected chi connectivity index (χ0v) is 16.8. The summed E-state index contributed by atoms with van der Waals surface area (Å²) in [5.74, 6) is 0. The number of hydrogen-bond donors (Lipinski definition) is 0. The molecule has 2 rings (SSSR count). The Balaban J connectivity index is 2.02. The van der Waals surface area contributed by atoms with Crippen molar-refractivity contribution >= 4 is 5.71 Å². The van der Waals surface area contributed by atoms with Crippen molar-refractivity contribution in [2.24, 2.45) is 4.99 Å². The summed E-state index contributed by atoms with van der Waals surface area (Å²) in [5, 5.41) is 4.31. The van der Waals surface area contributed by atoms with Gasteiger partial charge in [-0.15, -0.1) is 0 Å². The molecule has 140 valence electrons. The molecule has 1 heterocycles. The number of rotatable bonds is 8. The molecule has 0 unspecified atom stereocenters. The molecule has 26 heavy (non-hydrogen) atoms. The van der Waals surface area contributed by atoms with Gasteiger partial charge in [0.25, 0.3) is 0 Å². The van der Waals surface area contributed by atoms with Crippen LogP contribution >= 0.6 is 0 Å². The van der Waals surface area contributed by atoms with Crippen LogP contribution in [0.15, 0.2) is 65.6 Å². The number of hydrogen-bond acceptors (Lipinski definition) is 3. The molecule has 0 aliphatic rings. The minimum atomic E-state index is 0.0737. The third-order valence-corrected chi connectivity index (χ3v) is 4.43. The van der Waals surface area contributed by atoms with Crippen LogP contribution in [0.5, 0.6) is 0 Å². The van der Waals surface area contributed by atoms with Crippen molar-refractivity contribution in [3.63, 3.8) is 0 Å². The predicted octanol–water partition coefficient (Wildman–Crippen LogP) is 4.59. The van der Waals surface area contributed by atoms with E-state index in [-0.39, 0.29) is 5.54 Å². The van der Waals surface area contributed by atoms with Gasteiger partial charge in [0.15, 0.2) is 0 Å². The second-order valence-electron chi connectivity index (χ2n) is 7.65. The lowest BCUT2D eigenvalue weighted by Gasteiger charge is -2.35. The third kappa shape index (κ3) is 6.60. The Morgan fingerprint density at radius 1 is 1.19 bits per heavy atom. The van der Waals surface area contributed by atoms with Crippen LogP contribution in [0.25, 0.3) is 0 Å². The Hall–Kier alpha value is -2.20. The second kappa shape index (κ2) is 9.48. The van der Waals surface area contributed by atoms with E-state index in [9.17, 15) is 0 Å². The minimum absolute atomic E-state index is 0.0737. The first-order valence-corrected chi connectivity index (χ1v) is 9.34. The molecule has 0 aliphatic heterocycles. The summed E-state index contributed by atoms with van der Waals surface area (Å²) in [6.45, 7) is 13.6. The molecule has 4 heteroatoms. The van der Waals surface area contributed by atoms with Crippen molar-refractivity contribution in [1.82, 2.24) is 14.7 Å². The fourth-order valence-electron chi connectivity index (χ4n) is 2.87. The summed E-state index contributed by atoms with van der Waals surface area (Å²) in [7, 11) is 0. The van der Waals surface area contributed by atoms with Gasteiger partial charge in [0.05, 0.1) is 12.2 Å². The first-order valence-electron chi connectivity index (χ1n) is 9.34. The maximum absolute atomic E-state index is 4.90. The van der Waals surface area contributed by atoms with Crippen molar-refractivity contribution in [3.05, 3.63) is 66.1 Å². The van der Waals surface area contributed by atoms with E-state index in [1.54, 1.807) is 0 Å². The van der Waals surface area contributed by atoms with Gasteiger partial charge in [0.1, 0.15) is 0 Å². The molecule has 0 aliphatic carbocycles. The molecular weight excluding hydrogens is 320 g/mol. The average Bonchev–Trinajstić information content (AvgIpc) is 3.10. The second-order valence-corrected chi connectivity index (χ2v) is 7.65. The van der Waals surface area contributed by atoms with E-state index >= 15 is 0 Å². The maximum atomic E-state index is 4.90. The van der Waals surface area contributed by atoms with Crippen LogP contribution in [0.1, 0.15) is 40.2 Å². The van der Waals surface area contributed by atoms with Crippen LogP contribution in [-0.2, 0) is 13.0 Å². The van der Waals surface area contributed by atoms with Crippen molar-refractivity contribution in [2.75, 3.05) is 13.1 Å². The zero-order valence-electron chi connectivity index (χ0n) is 16.8. The highest BCUT2D eigenvalue weighted by Crippen LogP contribution is 2.16. The van der Waals surface area contributed by atoms with Crippen LogP contribution in [0.4, 0.5) is 0 Å². The summed E-state index contributed by atoms with van der Waals surface area (Å²) in [6.07, 6.45) is 6.86. The van der Waals surface area contributed by atoms with Gasteiger partial charge < -0.3 is 0 Å². The molecule has 0 spiro atoms. The lowest BCUT2D eigenvalue weighted by molar-refractivity contribution is 0.142. The van der Waals surface area contributed by atoms with Gasteiger partial charge in [-0.2, -0.15) is 5.10 Å². The lowest BCUT2D eigenvalue weighted by Crippen LogP contribution is -2.44. The van der Waals surface area contributed by atoms with Gasteiger partial charge in [-0.25, -0.2) is 0 Å². The summed E-state index contributed by atoms with van der Waals surface area (Å²) in [4.78, 5) is 7.36. The van der Waals surface area contributed by atoms with E-state index in [1.807, 2.05) is 29.2 Å². The summed E-state index contributed by atoms with van der Waals surface area (Å²) < 4.78 is 1.98. The maximum Gasteiger partial charge on any atom is 0.0536 e. The number of aliphatic imine (C=N–C) groups is 1. The topological polar surface area (TPSA) is 33.4 Å².